The van der Waals surface area contributed by atoms with E-state index in [2.05, 4.69) is 41.5 Å². The first-order valence-corrected chi connectivity index (χ1v) is 6.96. The van der Waals surface area contributed by atoms with Crippen molar-refractivity contribution in [3.63, 3.8) is 0 Å². The summed E-state index contributed by atoms with van der Waals surface area (Å²) in [7, 11) is 1.87. The van der Waals surface area contributed by atoms with Gasteiger partial charge in [-0.2, -0.15) is 0 Å². The minimum atomic E-state index is 0.749. The van der Waals surface area contributed by atoms with Gasteiger partial charge < -0.3 is 5.32 Å². The third kappa shape index (κ3) is 2.77. The fourth-order valence-electron chi connectivity index (χ4n) is 2.28. The Morgan fingerprint density at radius 3 is 2.29 bits per heavy atom. The van der Waals surface area contributed by atoms with Crippen LogP contribution in [0, 0.1) is 6.92 Å². The highest BCUT2D eigenvalue weighted by Gasteiger charge is 2.09. The van der Waals surface area contributed by atoms with E-state index in [0.29, 0.717) is 0 Å². The van der Waals surface area contributed by atoms with Crippen LogP contribution in [0.1, 0.15) is 5.56 Å². The Bertz CT molecular complexity index is 751. The van der Waals surface area contributed by atoms with Gasteiger partial charge in [-0.25, -0.2) is 9.97 Å². The molecule has 0 saturated carbocycles. The summed E-state index contributed by atoms with van der Waals surface area (Å²) in [5.74, 6) is 1.57. The molecule has 3 rings (SSSR count). The maximum absolute atomic E-state index is 4.73. The van der Waals surface area contributed by atoms with Crippen LogP contribution >= 0.6 is 0 Å². The van der Waals surface area contributed by atoms with Crippen molar-refractivity contribution in [2.45, 2.75) is 6.92 Å². The van der Waals surface area contributed by atoms with Crippen molar-refractivity contribution >= 4 is 5.82 Å². The predicted molar refractivity (Wildman–Crippen MR) is 87.2 cm³/mol. The van der Waals surface area contributed by atoms with Crippen molar-refractivity contribution < 1.29 is 0 Å². The van der Waals surface area contributed by atoms with Crippen LogP contribution in [0.3, 0.4) is 0 Å². The molecule has 104 valence electrons. The van der Waals surface area contributed by atoms with Gasteiger partial charge in [0.25, 0.3) is 0 Å². The minimum Gasteiger partial charge on any atom is -0.373 e. The van der Waals surface area contributed by atoms with Crippen LogP contribution < -0.4 is 5.32 Å². The average molecular weight is 275 g/mol. The van der Waals surface area contributed by atoms with Gasteiger partial charge in [0.05, 0.1) is 5.69 Å². The number of hydrogen-bond donors (Lipinski definition) is 1. The molecule has 0 aliphatic heterocycles. The number of hydrogen-bond acceptors (Lipinski definition) is 3. The molecule has 0 unspecified atom stereocenters. The zero-order valence-electron chi connectivity index (χ0n) is 12.2. The van der Waals surface area contributed by atoms with Crippen LogP contribution in [-0.2, 0) is 0 Å². The second-order valence-electron chi connectivity index (χ2n) is 4.89. The van der Waals surface area contributed by atoms with E-state index in [1.54, 1.807) is 0 Å². The van der Waals surface area contributed by atoms with E-state index in [0.717, 1.165) is 28.5 Å². The topological polar surface area (TPSA) is 37.8 Å². The molecule has 0 spiro atoms. The fraction of sp³-hybridized carbons (Fsp3) is 0.111. The van der Waals surface area contributed by atoms with Gasteiger partial charge in [-0.1, -0.05) is 54.6 Å². The predicted octanol–water partition coefficient (Wildman–Crippen LogP) is 4.16. The molecule has 0 fully saturated rings. The largest absolute Gasteiger partial charge is 0.373 e. The number of aryl methyl sites for hydroxylation is 1. The van der Waals surface area contributed by atoms with E-state index in [1.165, 1.54) is 5.56 Å². The lowest BCUT2D eigenvalue weighted by molar-refractivity contribution is 1.16. The Morgan fingerprint density at radius 2 is 1.57 bits per heavy atom. The average Bonchev–Trinajstić information content (AvgIpc) is 2.55. The summed E-state index contributed by atoms with van der Waals surface area (Å²) in [6.07, 6.45) is 0. The molecule has 1 heterocycles. The molecule has 0 saturated heterocycles. The zero-order valence-corrected chi connectivity index (χ0v) is 12.2. The molecule has 0 aliphatic carbocycles. The standard InChI is InChI=1S/C18H17N3/c1-13-8-6-7-11-15(13)18-20-16(12-17(19-2)21-18)14-9-4-3-5-10-14/h3-12H,1-2H3,(H,19,20,21). The van der Waals surface area contributed by atoms with Crippen LogP contribution in [0.15, 0.2) is 60.7 Å². The molecule has 0 amide bonds. The van der Waals surface area contributed by atoms with Crippen LogP contribution in [0.2, 0.25) is 0 Å². The van der Waals surface area contributed by atoms with Gasteiger partial charge in [0.2, 0.25) is 0 Å². The van der Waals surface area contributed by atoms with Crippen LogP contribution in [-0.4, -0.2) is 17.0 Å². The SMILES string of the molecule is CNc1cc(-c2ccccc2)nc(-c2ccccc2C)n1. The molecule has 3 heteroatoms. The molecular weight excluding hydrogens is 258 g/mol. The summed E-state index contributed by atoms with van der Waals surface area (Å²) >= 11 is 0. The number of nitrogens with zero attached hydrogens (tertiary/aromatic N) is 2. The molecule has 3 nitrogen and oxygen atoms in total. The van der Waals surface area contributed by atoms with Gasteiger partial charge in [-0.05, 0) is 12.5 Å². The van der Waals surface area contributed by atoms with Gasteiger partial charge in [0, 0.05) is 24.2 Å². The lowest BCUT2D eigenvalue weighted by atomic mass is 10.1. The molecule has 0 bridgehead atoms. The fourth-order valence-corrected chi connectivity index (χ4v) is 2.28. The van der Waals surface area contributed by atoms with Crippen LogP contribution in [0.4, 0.5) is 5.82 Å². The molecule has 1 aromatic heterocycles. The Morgan fingerprint density at radius 1 is 0.857 bits per heavy atom. The summed E-state index contributed by atoms with van der Waals surface area (Å²) in [6.45, 7) is 2.08. The Kier molecular flexibility index (Phi) is 3.65. The normalized spacial score (nSPS) is 10.4. The van der Waals surface area contributed by atoms with Crippen molar-refractivity contribution in [2.75, 3.05) is 12.4 Å². The third-order valence-corrected chi connectivity index (χ3v) is 3.44. The molecule has 21 heavy (non-hydrogen) atoms. The smallest absolute Gasteiger partial charge is 0.162 e. The van der Waals surface area contributed by atoms with E-state index in [1.807, 2.05) is 43.4 Å². The van der Waals surface area contributed by atoms with Crippen LogP contribution in [0.25, 0.3) is 22.6 Å². The highest BCUT2D eigenvalue weighted by Crippen LogP contribution is 2.25. The van der Waals surface area contributed by atoms with Gasteiger partial charge in [-0.15, -0.1) is 0 Å². The molecule has 2 aromatic carbocycles. The quantitative estimate of drug-likeness (QED) is 0.780. The molecule has 0 radical (unpaired) electrons. The van der Waals surface area contributed by atoms with Gasteiger partial charge in [-0.3, -0.25) is 0 Å². The number of rotatable bonds is 3. The third-order valence-electron chi connectivity index (χ3n) is 3.44. The van der Waals surface area contributed by atoms with Gasteiger partial charge in [0.1, 0.15) is 5.82 Å². The second kappa shape index (κ2) is 5.75. The summed E-state index contributed by atoms with van der Waals surface area (Å²) in [5, 5.41) is 3.12. The van der Waals surface area contributed by atoms with E-state index >= 15 is 0 Å². The van der Waals surface area contributed by atoms with Gasteiger partial charge in [0.15, 0.2) is 5.82 Å². The lowest BCUT2D eigenvalue weighted by Gasteiger charge is -2.09. The number of aromatic nitrogens is 2. The number of benzene rings is 2. The first kappa shape index (κ1) is 13.3. The molecule has 1 N–H and O–H groups in total. The van der Waals surface area contributed by atoms with Crippen molar-refractivity contribution in [3.8, 4) is 22.6 Å². The first-order valence-electron chi connectivity index (χ1n) is 6.96. The summed E-state index contributed by atoms with van der Waals surface area (Å²) < 4.78 is 0. The van der Waals surface area contributed by atoms with Crippen molar-refractivity contribution in [2.24, 2.45) is 0 Å². The highest BCUT2D eigenvalue weighted by atomic mass is 15.0. The molecular formula is C18H17N3. The molecule has 0 atom stereocenters. The summed E-state index contributed by atoms with van der Waals surface area (Å²) in [6, 6.07) is 20.3. The Balaban J connectivity index is 2.17. The number of nitrogens with one attached hydrogen (secondary N) is 1. The molecule has 3 aromatic rings. The second-order valence-corrected chi connectivity index (χ2v) is 4.89. The monoisotopic (exact) mass is 275 g/mol. The minimum absolute atomic E-state index is 0.749. The maximum Gasteiger partial charge on any atom is 0.162 e. The lowest BCUT2D eigenvalue weighted by Crippen LogP contribution is -1.99. The Hall–Kier alpha value is -2.68. The van der Waals surface area contributed by atoms with Crippen molar-refractivity contribution in [1.82, 2.24) is 9.97 Å². The number of anilines is 1. The maximum atomic E-state index is 4.73. The van der Waals surface area contributed by atoms with E-state index in [-0.39, 0.29) is 0 Å². The summed E-state index contributed by atoms with van der Waals surface area (Å²) in [4.78, 5) is 9.32. The van der Waals surface area contributed by atoms with E-state index in [4.69, 9.17) is 4.98 Å². The van der Waals surface area contributed by atoms with Crippen molar-refractivity contribution in [3.05, 3.63) is 66.2 Å². The van der Waals surface area contributed by atoms with Gasteiger partial charge >= 0.3 is 0 Å². The van der Waals surface area contributed by atoms with E-state index < -0.39 is 0 Å². The van der Waals surface area contributed by atoms with Crippen LogP contribution in [0.5, 0.6) is 0 Å². The van der Waals surface area contributed by atoms with E-state index in [9.17, 15) is 0 Å². The highest BCUT2D eigenvalue weighted by molar-refractivity contribution is 5.68. The Labute approximate surface area is 124 Å². The molecule has 0 aliphatic rings. The first-order chi connectivity index (χ1) is 10.3. The zero-order chi connectivity index (χ0) is 14.7. The van der Waals surface area contributed by atoms with Crippen molar-refractivity contribution in [1.29, 1.82) is 0 Å². The summed E-state index contributed by atoms with van der Waals surface area (Å²) in [5.41, 5.74) is 4.25.